The van der Waals surface area contributed by atoms with Gasteiger partial charge >= 0.3 is 0 Å². The predicted molar refractivity (Wildman–Crippen MR) is 53.4 cm³/mol. The Morgan fingerprint density at radius 3 is 2.79 bits per heavy atom. The molecule has 1 aromatic rings. The summed E-state index contributed by atoms with van der Waals surface area (Å²) < 4.78 is 0. The molecule has 0 unspecified atom stereocenters. The Labute approximate surface area is 81.0 Å². The van der Waals surface area contributed by atoms with E-state index in [0.29, 0.717) is 16.8 Å². The van der Waals surface area contributed by atoms with Crippen molar-refractivity contribution in [2.24, 2.45) is 0 Å². The van der Waals surface area contributed by atoms with Crippen molar-refractivity contribution in [1.82, 2.24) is 5.32 Å². The first-order valence-corrected chi connectivity index (χ1v) is 4.24. The van der Waals surface area contributed by atoms with E-state index in [0.717, 1.165) is 0 Å². The molecule has 0 aliphatic carbocycles. The van der Waals surface area contributed by atoms with Gasteiger partial charge in [0, 0.05) is 5.69 Å². The second-order valence-electron chi connectivity index (χ2n) is 3.13. The third kappa shape index (κ3) is 1.31. The molecule has 14 heavy (non-hydrogen) atoms. The molecule has 0 saturated heterocycles. The van der Waals surface area contributed by atoms with Gasteiger partial charge in [-0.05, 0) is 17.7 Å². The summed E-state index contributed by atoms with van der Waals surface area (Å²) in [5, 5.41) is 12.0. The standard InChI is InChI=1S/C10H10N2O2/c11-7-3-1-2-6(4-7)9-8(13)5-12-10(9)14/h1-4,13H,5,11H2,(H,12,14). The fraction of sp³-hybridized carbons (Fsp3) is 0.100. The lowest BCUT2D eigenvalue weighted by Gasteiger charge is -2.01. The first kappa shape index (κ1) is 8.62. The van der Waals surface area contributed by atoms with E-state index >= 15 is 0 Å². The third-order valence-corrected chi connectivity index (χ3v) is 2.11. The first-order valence-electron chi connectivity index (χ1n) is 4.24. The number of carbonyl (C=O) groups is 1. The highest BCUT2D eigenvalue weighted by Crippen LogP contribution is 2.22. The van der Waals surface area contributed by atoms with E-state index < -0.39 is 0 Å². The number of amides is 1. The van der Waals surface area contributed by atoms with Gasteiger partial charge in [0.25, 0.3) is 5.91 Å². The minimum absolute atomic E-state index is 0.0700. The zero-order valence-electron chi connectivity index (χ0n) is 7.45. The molecule has 2 rings (SSSR count). The Balaban J connectivity index is 2.49. The fourth-order valence-corrected chi connectivity index (χ4v) is 1.46. The number of aliphatic hydroxyl groups excluding tert-OH is 1. The molecule has 1 aliphatic rings. The summed E-state index contributed by atoms with van der Waals surface area (Å²) in [4.78, 5) is 11.3. The van der Waals surface area contributed by atoms with Crippen LogP contribution in [-0.4, -0.2) is 17.6 Å². The van der Waals surface area contributed by atoms with E-state index in [1.807, 2.05) is 0 Å². The van der Waals surface area contributed by atoms with E-state index in [2.05, 4.69) is 5.32 Å². The van der Waals surface area contributed by atoms with Crippen LogP contribution >= 0.6 is 0 Å². The Bertz CT molecular complexity index is 424. The molecule has 0 bridgehead atoms. The van der Waals surface area contributed by atoms with Gasteiger partial charge in [-0.3, -0.25) is 4.79 Å². The van der Waals surface area contributed by atoms with Crippen molar-refractivity contribution in [1.29, 1.82) is 0 Å². The predicted octanol–water partition coefficient (Wildman–Crippen LogP) is 0.668. The van der Waals surface area contributed by atoms with Crippen LogP contribution in [0.25, 0.3) is 5.57 Å². The largest absolute Gasteiger partial charge is 0.510 e. The molecule has 0 fully saturated rings. The van der Waals surface area contributed by atoms with E-state index in [1.54, 1.807) is 24.3 Å². The second-order valence-corrected chi connectivity index (χ2v) is 3.13. The average molecular weight is 190 g/mol. The summed E-state index contributed by atoms with van der Waals surface area (Å²) in [7, 11) is 0. The molecule has 72 valence electrons. The number of hydrogen-bond donors (Lipinski definition) is 3. The summed E-state index contributed by atoms with van der Waals surface area (Å²) in [6.07, 6.45) is 0. The SMILES string of the molecule is Nc1cccc(C2=C(O)CNC2=O)c1. The number of aliphatic hydroxyl groups is 1. The Morgan fingerprint density at radius 1 is 1.43 bits per heavy atom. The van der Waals surface area contributed by atoms with Gasteiger partial charge < -0.3 is 16.2 Å². The number of nitrogen functional groups attached to an aromatic ring is 1. The van der Waals surface area contributed by atoms with Gasteiger partial charge in [0.2, 0.25) is 0 Å². The Hall–Kier alpha value is -1.97. The Morgan fingerprint density at radius 2 is 2.21 bits per heavy atom. The smallest absolute Gasteiger partial charge is 0.255 e. The molecular weight excluding hydrogens is 180 g/mol. The van der Waals surface area contributed by atoms with Crippen LogP contribution in [-0.2, 0) is 4.79 Å². The topological polar surface area (TPSA) is 75.3 Å². The number of nitrogens with one attached hydrogen (secondary N) is 1. The zero-order chi connectivity index (χ0) is 10.1. The lowest BCUT2D eigenvalue weighted by molar-refractivity contribution is -0.114. The molecule has 1 heterocycles. The van der Waals surface area contributed by atoms with Crippen molar-refractivity contribution in [3.05, 3.63) is 35.6 Å². The van der Waals surface area contributed by atoms with Gasteiger partial charge in [0.05, 0.1) is 12.1 Å². The summed E-state index contributed by atoms with van der Waals surface area (Å²) in [5.41, 5.74) is 7.12. The number of benzene rings is 1. The van der Waals surface area contributed by atoms with Crippen LogP contribution in [0.5, 0.6) is 0 Å². The maximum atomic E-state index is 11.3. The number of nitrogens with two attached hydrogens (primary N) is 1. The maximum absolute atomic E-state index is 11.3. The van der Waals surface area contributed by atoms with Crippen molar-refractivity contribution >= 4 is 17.2 Å². The van der Waals surface area contributed by atoms with Crippen LogP contribution in [0.1, 0.15) is 5.56 Å². The monoisotopic (exact) mass is 190 g/mol. The van der Waals surface area contributed by atoms with Crippen LogP contribution in [0.3, 0.4) is 0 Å². The minimum atomic E-state index is -0.256. The van der Waals surface area contributed by atoms with Gasteiger partial charge in [-0.15, -0.1) is 0 Å². The van der Waals surface area contributed by atoms with E-state index in [9.17, 15) is 9.90 Å². The summed E-state index contributed by atoms with van der Waals surface area (Å²) in [6.45, 7) is 0.197. The zero-order valence-corrected chi connectivity index (χ0v) is 7.45. The molecule has 1 aliphatic heterocycles. The van der Waals surface area contributed by atoms with Gasteiger partial charge in [0.1, 0.15) is 5.76 Å². The molecular formula is C10H10N2O2. The second kappa shape index (κ2) is 3.06. The van der Waals surface area contributed by atoms with Crippen molar-refractivity contribution in [3.63, 3.8) is 0 Å². The fourth-order valence-electron chi connectivity index (χ4n) is 1.46. The molecule has 0 spiro atoms. The highest BCUT2D eigenvalue weighted by Gasteiger charge is 2.23. The van der Waals surface area contributed by atoms with Crippen LogP contribution in [0.2, 0.25) is 0 Å². The quantitative estimate of drug-likeness (QED) is 0.569. The van der Waals surface area contributed by atoms with Crippen molar-refractivity contribution in [2.75, 3.05) is 12.3 Å². The summed E-state index contributed by atoms with van der Waals surface area (Å²) in [6, 6.07) is 6.88. The molecule has 1 amide bonds. The van der Waals surface area contributed by atoms with E-state index in [4.69, 9.17) is 5.73 Å². The molecule has 4 heteroatoms. The molecule has 1 aromatic carbocycles. The van der Waals surface area contributed by atoms with Crippen molar-refractivity contribution in [3.8, 4) is 0 Å². The van der Waals surface area contributed by atoms with Crippen molar-refractivity contribution < 1.29 is 9.90 Å². The molecule has 0 atom stereocenters. The van der Waals surface area contributed by atoms with E-state index in [1.165, 1.54) is 0 Å². The number of anilines is 1. The lowest BCUT2D eigenvalue weighted by Crippen LogP contribution is -2.17. The molecule has 0 radical (unpaired) electrons. The molecule has 0 aromatic heterocycles. The average Bonchev–Trinajstić information content (AvgIpc) is 2.46. The lowest BCUT2D eigenvalue weighted by atomic mass is 10.1. The van der Waals surface area contributed by atoms with Crippen LogP contribution in [0.15, 0.2) is 30.0 Å². The van der Waals surface area contributed by atoms with Crippen LogP contribution in [0, 0.1) is 0 Å². The van der Waals surface area contributed by atoms with E-state index in [-0.39, 0.29) is 18.2 Å². The van der Waals surface area contributed by atoms with Gasteiger partial charge in [0.15, 0.2) is 0 Å². The number of hydrogen-bond acceptors (Lipinski definition) is 3. The summed E-state index contributed by atoms with van der Waals surface area (Å²) in [5.74, 6) is -0.186. The normalized spacial score (nSPS) is 15.9. The van der Waals surface area contributed by atoms with Crippen LogP contribution in [0.4, 0.5) is 5.69 Å². The number of carbonyl (C=O) groups excluding carboxylic acids is 1. The molecule has 4 N–H and O–H groups in total. The van der Waals surface area contributed by atoms with Crippen molar-refractivity contribution in [2.45, 2.75) is 0 Å². The highest BCUT2D eigenvalue weighted by atomic mass is 16.3. The summed E-state index contributed by atoms with van der Waals surface area (Å²) >= 11 is 0. The van der Waals surface area contributed by atoms with Gasteiger partial charge in [-0.25, -0.2) is 0 Å². The highest BCUT2D eigenvalue weighted by molar-refractivity contribution is 6.22. The Kier molecular flexibility index (Phi) is 1.89. The maximum Gasteiger partial charge on any atom is 0.255 e. The number of rotatable bonds is 1. The molecule has 4 nitrogen and oxygen atoms in total. The first-order chi connectivity index (χ1) is 6.68. The van der Waals surface area contributed by atoms with Gasteiger partial charge in [-0.1, -0.05) is 12.1 Å². The third-order valence-electron chi connectivity index (χ3n) is 2.11. The molecule has 0 saturated carbocycles. The van der Waals surface area contributed by atoms with Crippen LogP contribution < -0.4 is 11.1 Å². The minimum Gasteiger partial charge on any atom is -0.510 e. The van der Waals surface area contributed by atoms with Gasteiger partial charge in [-0.2, -0.15) is 0 Å².